The van der Waals surface area contributed by atoms with Crippen LogP contribution in [-0.2, 0) is 13.1 Å². The fourth-order valence-corrected chi connectivity index (χ4v) is 4.71. The van der Waals surface area contributed by atoms with Crippen LogP contribution in [0.1, 0.15) is 18.1 Å². The van der Waals surface area contributed by atoms with Crippen LogP contribution in [-0.4, -0.2) is 46.9 Å². The van der Waals surface area contributed by atoms with Crippen LogP contribution in [0.3, 0.4) is 0 Å². The summed E-state index contributed by atoms with van der Waals surface area (Å²) in [5, 5.41) is 10.4. The van der Waals surface area contributed by atoms with E-state index in [9.17, 15) is 0 Å². The number of hydrazone groups is 1. The van der Waals surface area contributed by atoms with E-state index < -0.39 is 0 Å². The molecule has 4 aromatic rings. The Balaban J connectivity index is 1.28. The van der Waals surface area contributed by atoms with Gasteiger partial charge in [0.1, 0.15) is 0 Å². The van der Waals surface area contributed by atoms with Crippen LogP contribution in [0, 0.1) is 0 Å². The molecule has 1 aromatic heterocycles. The van der Waals surface area contributed by atoms with Crippen LogP contribution in [0.5, 0.6) is 0 Å². The Morgan fingerprint density at radius 1 is 0.871 bits per heavy atom. The second-order valence-corrected chi connectivity index (χ2v) is 8.51. The lowest BCUT2D eigenvalue weighted by atomic mass is 10.1. The van der Waals surface area contributed by atoms with Crippen LogP contribution in [0.2, 0.25) is 5.02 Å². The highest BCUT2D eigenvalue weighted by Crippen LogP contribution is 2.29. The number of rotatable bonds is 5. The molecule has 0 spiro atoms. The van der Waals surface area contributed by atoms with Crippen molar-refractivity contribution in [3.05, 3.63) is 82.9 Å². The standard InChI is InChI=1S/C26H27ClN4/c1-2-31-25-10-6-4-8-22(25)23-17-20(11-12-26(23)31)18-28-30-15-13-29(14-16-30)19-21-7-3-5-9-24(21)27/h3-12,17-18H,2,13-16,19H2,1H3. The molecule has 4 nitrogen and oxygen atoms in total. The minimum absolute atomic E-state index is 0.850. The number of fused-ring (bicyclic) bond motifs is 3. The first-order valence-electron chi connectivity index (χ1n) is 11.0. The van der Waals surface area contributed by atoms with Gasteiger partial charge in [0.15, 0.2) is 0 Å². The Labute approximate surface area is 188 Å². The van der Waals surface area contributed by atoms with Crippen molar-refractivity contribution in [3.63, 3.8) is 0 Å². The molecule has 0 aliphatic carbocycles. The summed E-state index contributed by atoms with van der Waals surface area (Å²) in [6, 6.07) is 23.4. The Bertz CT molecular complexity index is 1230. The number of piperazine rings is 1. The molecule has 5 heteroatoms. The smallest absolute Gasteiger partial charge is 0.0543 e. The summed E-state index contributed by atoms with van der Waals surface area (Å²) in [5.41, 5.74) is 4.92. The Kier molecular flexibility index (Phi) is 5.66. The first kappa shape index (κ1) is 20.1. The van der Waals surface area contributed by atoms with Gasteiger partial charge < -0.3 is 4.57 Å². The van der Waals surface area contributed by atoms with Gasteiger partial charge in [-0.2, -0.15) is 5.10 Å². The third-order valence-corrected chi connectivity index (χ3v) is 6.55. The zero-order valence-corrected chi connectivity index (χ0v) is 18.6. The third kappa shape index (κ3) is 4.06. The fourth-order valence-electron chi connectivity index (χ4n) is 4.52. The van der Waals surface area contributed by atoms with Gasteiger partial charge in [0.2, 0.25) is 0 Å². The maximum absolute atomic E-state index is 6.32. The summed E-state index contributed by atoms with van der Waals surface area (Å²) in [5.74, 6) is 0. The lowest BCUT2D eigenvalue weighted by molar-refractivity contribution is 0.131. The Hall–Kier alpha value is -2.82. The number of aryl methyl sites for hydroxylation is 1. The van der Waals surface area contributed by atoms with Crippen molar-refractivity contribution in [2.24, 2.45) is 5.10 Å². The average Bonchev–Trinajstić information content (AvgIpc) is 3.13. The second kappa shape index (κ2) is 8.74. The molecule has 31 heavy (non-hydrogen) atoms. The van der Waals surface area contributed by atoms with Crippen molar-refractivity contribution in [1.82, 2.24) is 14.5 Å². The molecule has 0 amide bonds. The van der Waals surface area contributed by atoms with E-state index in [0.717, 1.165) is 49.9 Å². The molecular weight excluding hydrogens is 404 g/mol. The molecule has 0 bridgehead atoms. The summed E-state index contributed by atoms with van der Waals surface area (Å²) in [7, 11) is 0. The molecule has 5 rings (SSSR count). The molecule has 2 heterocycles. The number of aromatic nitrogens is 1. The number of halogens is 1. The van der Waals surface area contributed by atoms with E-state index in [1.54, 1.807) is 0 Å². The van der Waals surface area contributed by atoms with Gasteiger partial charge in [-0.3, -0.25) is 9.91 Å². The van der Waals surface area contributed by atoms with E-state index in [0.29, 0.717) is 0 Å². The number of hydrogen-bond donors (Lipinski definition) is 0. The molecule has 0 radical (unpaired) electrons. The van der Waals surface area contributed by atoms with Crippen LogP contribution in [0.15, 0.2) is 71.8 Å². The summed E-state index contributed by atoms with van der Waals surface area (Å²) < 4.78 is 2.38. The predicted molar refractivity (Wildman–Crippen MR) is 131 cm³/mol. The Morgan fingerprint density at radius 3 is 2.42 bits per heavy atom. The monoisotopic (exact) mass is 430 g/mol. The topological polar surface area (TPSA) is 23.8 Å². The molecule has 1 aliphatic rings. The molecule has 0 saturated carbocycles. The summed E-state index contributed by atoms with van der Waals surface area (Å²) >= 11 is 6.32. The highest BCUT2D eigenvalue weighted by Gasteiger charge is 2.16. The maximum Gasteiger partial charge on any atom is 0.0543 e. The second-order valence-electron chi connectivity index (χ2n) is 8.10. The number of nitrogens with zero attached hydrogens (tertiary/aromatic N) is 4. The summed E-state index contributed by atoms with van der Waals surface area (Å²) in [4.78, 5) is 2.44. The average molecular weight is 431 g/mol. The van der Waals surface area contributed by atoms with E-state index in [1.807, 2.05) is 18.3 Å². The zero-order chi connectivity index (χ0) is 21.2. The van der Waals surface area contributed by atoms with Crippen LogP contribution < -0.4 is 0 Å². The minimum Gasteiger partial charge on any atom is -0.341 e. The largest absolute Gasteiger partial charge is 0.341 e. The summed E-state index contributed by atoms with van der Waals surface area (Å²) in [6.45, 7) is 7.91. The van der Waals surface area contributed by atoms with Gasteiger partial charge in [-0.25, -0.2) is 0 Å². The van der Waals surface area contributed by atoms with Gasteiger partial charge in [-0.1, -0.05) is 54.1 Å². The molecule has 0 atom stereocenters. The zero-order valence-electron chi connectivity index (χ0n) is 17.8. The molecule has 1 fully saturated rings. The van der Waals surface area contributed by atoms with Crippen molar-refractivity contribution in [3.8, 4) is 0 Å². The quantitative estimate of drug-likeness (QED) is 0.384. The lowest BCUT2D eigenvalue weighted by Crippen LogP contribution is -2.43. The fraction of sp³-hybridized carbons (Fsp3) is 0.269. The molecular formula is C26H27ClN4. The van der Waals surface area contributed by atoms with E-state index in [2.05, 4.69) is 76.0 Å². The van der Waals surface area contributed by atoms with Crippen LogP contribution in [0.4, 0.5) is 0 Å². The van der Waals surface area contributed by atoms with E-state index in [-0.39, 0.29) is 0 Å². The third-order valence-electron chi connectivity index (χ3n) is 6.18. The van der Waals surface area contributed by atoms with Crippen LogP contribution >= 0.6 is 11.6 Å². The highest BCUT2D eigenvalue weighted by atomic mass is 35.5. The van der Waals surface area contributed by atoms with Gasteiger partial charge in [-0.05, 0) is 42.3 Å². The Morgan fingerprint density at radius 2 is 1.61 bits per heavy atom. The van der Waals surface area contributed by atoms with Gasteiger partial charge >= 0.3 is 0 Å². The lowest BCUT2D eigenvalue weighted by Gasteiger charge is -2.33. The molecule has 0 N–H and O–H groups in total. The first-order chi connectivity index (χ1) is 15.2. The van der Waals surface area contributed by atoms with Crippen molar-refractivity contribution in [2.75, 3.05) is 26.2 Å². The molecule has 3 aromatic carbocycles. The number of para-hydroxylation sites is 1. The number of hydrogen-bond acceptors (Lipinski definition) is 3. The van der Waals surface area contributed by atoms with E-state index >= 15 is 0 Å². The molecule has 1 saturated heterocycles. The maximum atomic E-state index is 6.32. The minimum atomic E-state index is 0.850. The van der Waals surface area contributed by atoms with Gasteiger partial charge in [0.25, 0.3) is 0 Å². The van der Waals surface area contributed by atoms with E-state index in [4.69, 9.17) is 16.7 Å². The number of benzene rings is 3. The SMILES string of the molecule is CCn1c2ccccc2c2cc(C=NN3CCN(Cc4ccccc4Cl)CC3)ccc21. The van der Waals surface area contributed by atoms with Gasteiger partial charge in [-0.15, -0.1) is 0 Å². The van der Waals surface area contributed by atoms with Crippen molar-refractivity contribution >= 4 is 39.6 Å². The van der Waals surface area contributed by atoms with Gasteiger partial charge in [0.05, 0.1) is 6.21 Å². The predicted octanol–water partition coefficient (Wildman–Crippen LogP) is 5.62. The van der Waals surface area contributed by atoms with Crippen molar-refractivity contribution in [1.29, 1.82) is 0 Å². The molecule has 1 aliphatic heterocycles. The van der Waals surface area contributed by atoms with Gasteiger partial charge in [0, 0.05) is 66.1 Å². The van der Waals surface area contributed by atoms with Crippen molar-refractivity contribution < 1.29 is 0 Å². The van der Waals surface area contributed by atoms with Crippen LogP contribution in [0.25, 0.3) is 21.8 Å². The van der Waals surface area contributed by atoms with Crippen molar-refractivity contribution in [2.45, 2.75) is 20.0 Å². The first-order valence-corrected chi connectivity index (χ1v) is 11.4. The highest BCUT2D eigenvalue weighted by molar-refractivity contribution is 6.31. The molecule has 0 unspecified atom stereocenters. The normalized spacial score (nSPS) is 15.5. The van der Waals surface area contributed by atoms with E-state index in [1.165, 1.54) is 27.4 Å². The summed E-state index contributed by atoms with van der Waals surface area (Å²) in [6.07, 6.45) is 2.00. The molecule has 158 valence electrons.